The molecule has 0 saturated heterocycles. The smallest absolute Gasteiger partial charge is 0.102 e. The average molecular weight is 173 g/mol. The maximum absolute atomic E-state index is 9.13. The lowest BCUT2D eigenvalue weighted by molar-refractivity contribution is 0.0956. The normalized spacial score (nSPS) is 13.0. The first kappa shape index (κ1) is 8.53. The Balaban J connectivity index is 2.81. The summed E-state index contributed by atoms with van der Waals surface area (Å²) in [6, 6.07) is 6.72. The molecule has 60 valence electrons. The van der Waals surface area contributed by atoms with Crippen LogP contribution >= 0.6 is 11.6 Å². The number of benzene rings is 1. The van der Waals surface area contributed by atoms with Crippen molar-refractivity contribution in [2.24, 2.45) is 0 Å². The van der Waals surface area contributed by atoms with E-state index in [-0.39, 0.29) is 6.61 Å². The molecule has 1 atom stereocenters. The van der Waals surface area contributed by atoms with Crippen LogP contribution < -0.4 is 0 Å². The molecule has 0 aliphatic carbocycles. The van der Waals surface area contributed by atoms with Gasteiger partial charge in [-0.05, 0) is 17.7 Å². The van der Waals surface area contributed by atoms with E-state index in [1.54, 1.807) is 24.3 Å². The lowest BCUT2D eigenvalue weighted by Gasteiger charge is -2.05. The average Bonchev–Trinajstić information content (AvgIpc) is 2.05. The molecule has 1 rings (SSSR count). The molecule has 1 aromatic rings. The van der Waals surface area contributed by atoms with Crippen molar-refractivity contribution in [2.75, 3.05) is 6.61 Å². The van der Waals surface area contributed by atoms with E-state index in [4.69, 9.17) is 21.8 Å². The summed E-state index contributed by atoms with van der Waals surface area (Å²) < 4.78 is 0. The van der Waals surface area contributed by atoms with Crippen LogP contribution in [0.2, 0.25) is 5.02 Å². The zero-order valence-electron chi connectivity index (χ0n) is 5.87. The van der Waals surface area contributed by atoms with Crippen molar-refractivity contribution in [1.29, 1.82) is 0 Å². The fraction of sp³-hybridized carbons (Fsp3) is 0.250. The zero-order chi connectivity index (χ0) is 8.27. The predicted molar refractivity (Wildman–Crippen MR) is 43.5 cm³/mol. The van der Waals surface area contributed by atoms with Gasteiger partial charge in [-0.15, -0.1) is 0 Å². The number of hydrogen-bond acceptors (Lipinski definition) is 2. The molecule has 0 bridgehead atoms. The quantitative estimate of drug-likeness (QED) is 0.708. The first-order valence-electron chi connectivity index (χ1n) is 3.28. The van der Waals surface area contributed by atoms with Gasteiger partial charge in [-0.25, -0.2) is 0 Å². The molecule has 0 saturated carbocycles. The van der Waals surface area contributed by atoms with E-state index < -0.39 is 6.10 Å². The molecule has 0 radical (unpaired) electrons. The number of rotatable bonds is 2. The summed E-state index contributed by atoms with van der Waals surface area (Å²) in [6.07, 6.45) is -0.799. The molecule has 0 amide bonds. The molecule has 11 heavy (non-hydrogen) atoms. The minimum absolute atomic E-state index is 0.262. The molecule has 1 aromatic carbocycles. The van der Waals surface area contributed by atoms with Gasteiger partial charge >= 0.3 is 0 Å². The van der Waals surface area contributed by atoms with E-state index >= 15 is 0 Å². The van der Waals surface area contributed by atoms with Gasteiger partial charge in [-0.3, -0.25) is 0 Å². The number of hydrogen-bond donors (Lipinski definition) is 2. The number of halogens is 1. The van der Waals surface area contributed by atoms with Crippen LogP contribution in [-0.4, -0.2) is 16.8 Å². The van der Waals surface area contributed by atoms with Gasteiger partial charge in [0.15, 0.2) is 0 Å². The third-order valence-corrected chi connectivity index (χ3v) is 1.68. The molecular formula is C8H9ClO2. The number of aliphatic hydroxyl groups is 2. The Morgan fingerprint density at radius 2 is 1.82 bits per heavy atom. The zero-order valence-corrected chi connectivity index (χ0v) is 6.62. The van der Waals surface area contributed by atoms with Crippen molar-refractivity contribution in [3.8, 4) is 0 Å². The second-order valence-corrected chi connectivity index (χ2v) is 2.69. The van der Waals surface area contributed by atoms with Crippen molar-refractivity contribution in [1.82, 2.24) is 0 Å². The largest absolute Gasteiger partial charge is 0.393 e. The van der Waals surface area contributed by atoms with Gasteiger partial charge in [0, 0.05) is 5.02 Å². The van der Waals surface area contributed by atoms with Crippen LogP contribution in [0.25, 0.3) is 0 Å². The van der Waals surface area contributed by atoms with E-state index in [0.717, 1.165) is 0 Å². The highest BCUT2D eigenvalue weighted by molar-refractivity contribution is 6.30. The Bertz CT molecular complexity index is 220. The van der Waals surface area contributed by atoms with Gasteiger partial charge in [-0.1, -0.05) is 23.7 Å². The third kappa shape index (κ3) is 2.19. The minimum atomic E-state index is -0.799. The summed E-state index contributed by atoms with van der Waals surface area (Å²) in [4.78, 5) is 0. The van der Waals surface area contributed by atoms with Gasteiger partial charge < -0.3 is 10.2 Å². The predicted octanol–water partition coefficient (Wildman–Crippen LogP) is 1.37. The molecule has 0 heterocycles. The second kappa shape index (κ2) is 3.72. The molecule has 2 nitrogen and oxygen atoms in total. The highest BCUT2D eigenvalue weighted by Gasteiger charge is 2.03. The Morgan fingerprint density at radius 1 is 1.27 bits per heavy atom. The molecule has 0 aliphatic heterocycles. The van der Waals surface area contributed by atoms with Crippen molar-refractivity contribution < 1.29 is 10.2 Å². The van der Waals surface area contributed by atoms with Crippen molar-refractivity contribution in [3.63, 3.8) is 0 Å². The fourth-order valence-electron chi connectivity index (χ4n) is 0.790. The monoisotopic (exact) mass is 172 g/mol. The lowest BCUT2D eigenvalue weighted by Crippen LogP contribution is -2.01. The maximum Gasteiger partial charge on any atom is 0.102 e. The molecule has 1 unspecified atom stereocenters. The Kier molecular flexibility index (Phi) is 2.88. The van der Waals surface area contributed by atoms with Crippen LogP contribution in [0.4, 0.5) is 0 Å². The molecule has 2 N–H and O–H groups in total. The molecule has 0 spiro atoms. The van der Waals surface area contributed by atoms with Gasteiger partial charge in [0.1, 0.15) is 6.10 Å². The molecule has 0 fully saturated rings. The van der Waals surface area contributed by atoms with Crippen molar-refractivity contribution >= 4 is 11.6 Å². The summed E-state index contributed by atoms with van der Waals surface area (Å²) in [6.45, 7) is -0.262. The molecule has 0 aliphatic rings. The van der Waals surface area contributed by atoms with Crippen molar-refractivity contribution in [3.05, 3.63) is 34.9 Å². The van der Waals surface area contributed by atoms with Crippen LogP contribution in [0.3, 0.4) is 0 Å². The highest BCUT2D eigenvalue weighted by Crippen LogP contribution is 2.15. The first-order chi connectivity index (χ1) is 5.24. The van der Waals surface area contributed by atoms with Crippen LogP contribution in [0, 0.1) is 0 Å². The fourth-order valence-corrected chi connectivity index (χ4v) is 0.916. The summed E-state index contributed by atoms with van der Waals surface area (Å²) in [7, 11) is 0. The van der Waals surface area contributed by atoms with Crippen molar-refractivity contribution in [2.45, 2.75) is 6.10 Å². The van der Waals surface area contributed by atoms with E-state index in [0.29, 0.717) is 10.6 Å². The van der Waals surface area contributed by atoms with Crippen LogP contribution in [-0.2, 0) is 0 Å². The Labute approximate surface area is 70.1 Å². The SMILES string of the molecule is OCC(O)c1ccc(Cl)cc1. The first-order valence-corrected chi connectivity index (χ1v) is 3.66. The standard InChI is InChI=1S/C8H9ClO2/c9-7-3-1-6(2-4-7)8(11)5-10/h1-4,8,10-11H,5H2. The summed E-state index contributed by atoms with van der Waals surface area (Å²) >= 11 is 5.62. The van der Waals surface area contributed by atoms with Gasteiger partial charge in [0.2, 0.25) is 0 Å². The van der Waals surface area contributed by atoms with E-state index in [2.05, 4.69) is 0 Å². The van der Waals surface area contributed by atoms with Gasteiger partial charge in [-0.2, -0.15) is 0 Å². The topological polar surface area (TPSA) is 40.5 Å². The van der Waals surface area contributed by atoms with E-state index in [9.17, 15) is 0 Å². The molecular weight excluding hydrogens is 164 g/mol. The molecule has 3 heteroatoms. The van der Waals surface area contributed by atoms with Gasteiger partial charge in [0.05, 0.1) is 6.61 Å². The summed E-state index contributed by atoms with van der Waals surface area (Å²) in [5.74, 6) is 0. The molecule has 0 aromatic heterocycles. The maximum atomic E-state index is 9.13. The Hall–Kier alpha value is -0.570. The highest BCUT2D eigenvalue weighted by atomic mass is 35.5. The third-order valence-electron chi connectivity index (χ3n) is 1.43. The lowest BCUT2D eigenvalue weighted by atomic mass is 10.1. The summed E-state index contributed by atoms with van der Waals surface area (Å²) in [5, 5.41) is 18.3. The van der Waals surface area contributed by atoms with E-state index in [1.165, 1.54) is 0 Å². The minimum Gasteiger partial charge on any atom is -0.393 e. The van der Waals surface area contributed by atoms with Crippen LogP contribution in [0.5, 0.6) is 0 Å². The van der Waals surface area contributed by atoms with Gasteiger partial charge in [0.25, 0.3) is 0 Å². The summed E-state index contributed by atoms with van der Waals surface area (Å²) in [5.41, 5.74) is 0.678. The second-order valence-electron chi connectivity index (χ2n) is 2.25. The van der Waals surface area contributed by atoms with Crippen LogP contribution in [0.1, 0.15) is 11.7 Å². The van der Waals surface area contributed by atoms with Crippen LogP contribution in [0.15, 0.2) is 24.3 Å². The Morgan fingerprint density at radius 3 is 2.27 bits per heavy atom. The number of aliphatic hydroxyl groups excluding tert-OH is 2. The van der Waals surface area contributed by atoms with E-state index in [1.807, 2.05) is 0 Å².